The number of rotatable bonds is 1. The van der Waals surface area contributed by atoms with E-state index in [0.29, 0.717) is 6.04 Å². The fraction of sp³-hybridized carbons (Fsp3) is 0.571. The van der Waals surface area contributed by atoms with Gasteiger partial charge in [-0.2, -0.15) is 0 Å². The first-order valence-electron chi connectivity index (χ1n) is 6.17. The number of anilines is 1. The highest BCUT2D eigenvalue weighted by atomic mass is 79.9. The zero-order chi connectivity index (χ0) is 12.6. The number of nitrogens with zero attached hydrogens (tertiary/aromatic N) is 1. The molecule has 0 aromatic heterocycles. The Morgan fingerprint density at radius 2 is 2.12 bits per heavy atom. The number of hydrogen-bond donors (Lipinski definition) is 1. The summed E-state index contributed by atoms with van der Waals surface area (Å²) in [5, 5.41) is 3.59. The molecule has 0 aliphatic carbocycles. The second-order valence-electron chi connectivity index (χ2n) is 5.63. The van der Waals surface area contributed by atoms with Crippen molar-refractivity contribution >= 4 is 21.6 Å². The van der Waals surface area contributed by atoms with E-state index in [2.05, 4.69) is 72.0 Å². The summed E-state index contributed by atoms with van der Waals surface area (Å²) in [4.78, 5) is 2.51. The minimum absolute atomic E-state index is 0.182. The van der Waals surface area contributed by atoms with Crippen LogP contribution in [-0.2, 0) is 0 Å². The summed E-state index contributed by atoms with van der Waals surface area (Å²) in [7, 11) is 0. The van der Waals surface area contributed by atoms with Crippen LogP contribution in [0.3, 0.4) is 0 Å². The summed E-state index contributed by atoms with van der Waals surface area (Å²) in [6.07, 6.45) is 0. The minimum Gasteiger partial charge on any atom is -0.365 e. The molecule has 1 atom stereocenters. The molecule has 3 heteroatoms. The summed E-state index contributed by atoms with van der Waals surface area (Å²) >= 11 is 3.62. The third-order valence-electron chi connectivity index (χ3n) is 3.52. The van der Waals surface area contributed by atoms with Crippen molar-refractivity contribution in [2.75, 3.05) is 18.0 Å². The summed E-state index contributed by atoms with van der Waals surface area (Å²) in [5.74, 6) is 0. The van der Waals surface area contributed by atoms with Crippen molar-refractivity contribution in [3.8, 4) is 0 Å². The molecule has 1 unspecified atom stereocenters. The van der Waals surface area contributed by atoms with Crippen LogP contribution in [0.2, 0.25) is 0 Å². The van der Waals surface area contributed by atoms with E-state index >= 15 is 0 Å². The van der Waals surface area contributed by atoms with E-state index in [9.17, 15) is 0 Å². The second kappa shape index (κ2) is 4.62. The van der Waals surface area contributed by atoms with Crippen LogP contribution < -0.4 is 10.2 Å². The maximum atomic E-state index is 3.62. The Kier molecular flexibility index (Phi) is 3.50. The molecule has 0 radical (unpaired) electrons. The smallest absolute Gasteiger partial charge is 0.0410 e. The molecule has 2 rings (SSSR count). The van der Waals surface area contributed by atoms with E-state index in [4.69, 9.17) is 0 Å². The number of piperazine rings is 1. The van der Waals surface area contributed by atoms with E-state index in [0.717, 1.165) is 13.1 Å². The number of hydrogen-bond acceptors (Lipinski definition) is 2. The van der Waals surface area contributed by atoms with Crippen molar-refractivity contribution in [3.63, 3.8) is 0 Å². The molecule has 1 aliphatic heterocycles. The van der Waals surface area contributed by atoms with Gasteiger partial charge in [0.05, 0.1) is 0 Å². The molecular weight excluding hydrogens is 276 g/mol. The van der Waals surface area contributed by atoms with Crippen molar-refractivity contribution in [2.24, 2.45) is 0 Å². The Balaban J connectivity index is 2.34. The zero-order valence-corrected chi connectivity index (χ0v) is 12.6. The lowest BCUT2D eigenvalue weighted by Gasteiger charge is -2.45. The molecule has 94 valence electrons. The molecule has 1 aromatic carbocycles. The van der Waals surface area contributed by atoms with Crippen LogP contribution in [0.25, 0.3) is 0 Å². The van der Waals surface area contributed by atoms with Gasteiger partial charge < -0.3 is 10.2 Å². The molecule has 1 N–H and O–H groups in total. The topological polar surface area (TPSA) is 15.3 Å². The predicted octanol–water partition coefficient (Wildman–Crippen LogP) is 3.33. The lowest BCUT2D eigenvalue weighted by molar-refractivity contribution is 0.318. The Morgan fingerprint density at radius 1 is 1.41 bits per heavy atom. The lowest BCUT2D eigenvalue weighted by Crippen LogP contribution is -2.61. The summed E-state index contributed by atoms with van der Waals surface area (Å²) in [5.41, 5.74) is 2.86. The van der Waals surface area contributed by atoms with Gasteiger partial charge in [-0.25, -0.2) is 0 Å². The van der Waals surface area contributed by atoms with Crippen LogP contribution in [0.5, 0.6) is 0 Å². The molecule has 1 aliphatic rings. The Bertz CT molecular complexity index is 415. The van der Waals surface area contributed by atoms with Crippen molar-refractivity contribution in [1.82, 2.24) is 5.32 Å². The zero-order valence-electron chi connectivity index (χ0n) is 11.0. The molecule has 1 heterocycles. The maximum absolute atomic E-state index is 3.62. The Morgan fingerprint density at radius 3 is 2.82 bits per heavy atom. The molecular formula is C14H21BrN2. The van der Waals surface area contributed by atoms with E-state index in [-0.39, 0.29) is 5.54 Å². The van der Waals surface area contributed by atoms with Crippen LogP contribution in [0.15, 0.2) is 22.7 Å². The fourth-order valence-corrected chi connectivity index (χ4v) is 2.76. The molecule has 0 spiro atoms. The average molecular weight is 297 g/mol. The maximum Gasteiger partial charge on any atom is 0.0410 e. The predicted molar refractivity (Wildman–Crippen MR) is 77.8 cm³/mol. The van der Waals surface area contributed by atoms with E-state index in [1.165, 1.54) is 15.7 Å². The van der Waals surface area contributed by atoms with Crippen LogP contribution in [0.1, 0.15) is 26.3 Å². The first kappa shape index (κ1) is 12.9. The second-order valence-corrected chi connectivity index (χ2v) is 6.48. The SMILES string of the molecule is Cc1c(Br)cccc1N1CC(C)(C)NCC1C. The molecule has 2 nitrogen and oxygen atoms in total. The largest absolute Gasteiger partial charge is 0.365 e. The van der Waals surface area contributed by atoms with Gasteiger partial charge in [-0.15, -0.1) is 0 Å². The highest BCUT2D eigenvalue weighted by Crippen LogP contribution is 2.30. The van der Waals surface area contributed by atoms with E-state index in [1.54, 1.807) is 0 Å². The lowest BCUT2D eigenvalue weighted by atomic mass is 9.98. The molecule has 1 fully saturated rings. The van der Waals surface area contributed by atoms with Gasteiger partial charge in [0.2, 0.25) is 0 Å². The highest BCUT2D eigenvalue weighted by molar-refractivity contribution is 9.10. The molecule has 1 saturated heterocycles. The fourth-order valence-electron chi connectivity index (χ4n) is 2.40. The van der Waals surface area contributed by atoms with Gasteiger partial charge in [-0.1, -0.05) is 22.0 Å². The molecule has 1 aromatic rings. The molecule has 0 amide bonds. The normalized spacial score (nSPS) is 23.8. The first-order valence-corrected chi connectivity index (χ1v) is 6.97. The number of nitrogens with one attached hydrogen (secondary N) is 1. The summed E-state index contributed by atoms with van der Waals surface area (Å²) in [6.45, 7) is 11.1. The van der Waals surface area contributed by atoms with E-state index in [1.807, 2.05) is 0 Å². The van der Waals surface area contributed by atoms with Crippen molar-refractivity contribution in [2.45, 2.75) is 39.3 Å². The van der Waals surface area contributed by atoms with Gasteiger partial charge in [-0.05, 0) is 45.4 Å². The van der Waals surface area contributed by atoms with Gasteiger partial charge in [0.15, 0.2) is 0 Å². The van der Waals surface area contributed by atoms with Crippen molar-refractivity contribution < 1.29 is 0 Å². The van der Waals surface area contributed by atoms with Gasteiger partial charge in [-0.3, -0.25) is 0 Å². The van der Waals surface area contributed by atoms with E-state index < -0.39 is 0 Å². The monoisotopic (exact) mass is 296 g/mol. The quantitative estimate of drug-likeness (QED) is 0.855. The average Bonchev–Trinajstić information content (AvgIpc) is 2.26. The highest BCUT2D eigenvalue weighted by Gasteiger charge is 2.30. The van der Waals surface area contributed by atoms with Crippen molar-refractivity contribution in [3.05, 3.63) is 28.2 Å². The number of halogens is 1. The number of benzene rings is 1. The van der Waals surface area contributed by atoms with Crippen LogP contribution in [-0.4, -0.2) is 24.7 Å². The molecule has 0 bridgehead atoms. The molecule has 0 saturated carbocycles. The van der Waals surface area contributed by atoms with Gasteiger partial charge >= 0.3 is 0 Å². The van der Waals surface area contributed by atoms with Crippen molar-refractivity contribution in [1.29, 1.82) is 0 Å². The third kappa shape index (κ3) is 2.66. The van der Waals surface area contributed by atoms with Crippen LogP contribution >= 0.6 is 15.9 Å². The minimum atomic E-state index is 0.182. The van der Waals surface area contributed by atoms with Gasteiger partial charge in [0.1, 0.15) is 0 Å². The van der Waals surface area contributed by atoms with Gasteiger partial charge in [0.25, 0.3) is 0 Å². The standard InChI is InChI=1S/C14H21BrN2/c1-10-8-16-14(3,4)9-17(10)13-7-5-6-12(15)11(13)2/h5-7,10,16H,8-9H2,1-4H3. The molecule has 17 heavy (non-hydrogen) atoms. The Hall–Kier alpha value is -0.540. The third-order valence-corrected chi connectivity index (χ3v) is 4.38. The van der Waals surface area contributed by atoms with Gasteiger partial charge in [0, 0.05) is 34.8 Å². The van der Waals surface area contributed by atoms with Crippen LogP contribution in [0.4, 0.5) is 5.69 Å². The summed E-state index contributed by atoms with van der Waals surface area (Å²) in [6, 6.07) is 6.99. The Labute approximate surface area is 113 Å². The summed E-state index contributed by atoms with van der Waals surface area (Å²) < 4.78 is 1.19. The first-order chi connectivity index (χ1) is 7.91. The van der Waals surface area contributed by atoms with Crippen LogP contribution in [0, 0.1) is 6.92 Å².